The monoisotopic (exact) mass is 436 g/mol. The molecule has 0 radical (unpaired) electrons. The Morgan fingerprint density at radius 1 is 1.16 bits per heavy atom. The van der Waals surface area contributed by atoms with Crippen molar-refractivity contribution in [3.8, 4) is 17.1 Å². The van der Waals surface area contributed by atoms with Gasteiger partial charge in [-0.3, -0.25) is 0 Å². The molecule has 5 rings (SSSR count). The number of hydrogen-bond acceptors (Lipinski definition) is 7. The van der Waals surface area contributed by atoms with Gasteiger partial charge in [0.1, 0.15) is 17.7 Å². The van der Waals surface area contributed by atoms with Gasteiger partial charge in [0.15, 0.2) is 5.82 Å². The summed E-state index contributed by atoms with van der Waals surface area (Å²) in [7, 11) is 0. The van der Waals surface area contributed by atoms with Gasteiger partial charge in [-0.25, -0.2) is 14.8 Å². The molecule has 0 spiro atoms. The summed E-state index contributed by atoms with van der Waals surface area (Å²) in [4.78, 5) is 26.0. The number of nitrogens with zero attached hydrogens (tertiary/aromatic N) is 4. The van der Waals surface area contributed by atoms with Crippen LogP contribution in [0.2, 0.25) is 0 Å². The molecule has 1 aromatic heterocycles. The lowest BCUT2D eigenvalue weighted by Gasteiger charge is -2.35. The van der Waals surface area contributed by atoms with Crippen LogP contribution in [-0.4, -0.2) is 71.6 Å². The number of anilines is 1. The first kappa shape index (κ1) is 20.5. The first-order valence-corrected chi connectivity index (χ1v) is 10.9. The maximum absolute atomic E-state index is 12.5. The minimum atomic E-state index is -0.279. The summed E-state index contributed by atoms with van der Waals surface area (Å²) in [5, 5.41) is 11.3. The van der Waals surface area contributed by atoms with Gasteiger partial charge in [-0.15, -0.1) is 0 Å². The number of amides is 1. The molecule has 2 aliphatic heterocycles. The summed E-state index contributed by atoms with van der Waals surface area (Å²) >= 11 is 0. The first-order chi connectivity index (χ1) is 15.6. The third-order valence-corrected chi connectivity index (χ3v) is 5.97. The number of aromatic nitrogens is 2. The van der Waals surface area contributed by atoms with Crippen molar-refractivity contribution in [2.75, 3.05) is 44.3 Å². The number of para-hydroxylation sites is 1. The molecule has 2 fully saturated rings. The average Bonchev–Trinajstić information content (AvgIpc) is 3.31. The molecule has 0 bridgehead atoms. The predicted molar refractivity (Wildman–Crippen MR) is 123 cm³/mol. The number of ether oxygens (including phenoxy) is 2. The van der Waals surface area contributed by atoms with Crippen LogP contribution in [-0.2, 0) is 9.47 Å². The van der Waals surface area contributed by atoms with E-state index in [1.54, 1.807) is 17.0 Å². The Kier molecular flexibility index (Phi) is 5.53. The minimum Gasteiger partial charge on any atom is -0.507 e. The van der Waals surface area contributed by atoms with Crippen LogP contribution in [0.3, 0.4) is 0 Å². The SMILES string of the molecule is Cc1ccc2c(N3CCN(C(=O)O[C@@H]4CCOC4)CC3)nc(-c3ccccc3O)nc2c1.[HH]. The van der Waals surface area contributed by atoms with Crippen LogP contribution in [0, 0.1) is 6.92 Å². The zero-order valence-electron chi connectivity index (χ0n) is 18.0. The molecular weight excluding hydrogens is 408 g/mol. The molecule has 168 valence electrons. The fourth-order valence-corrected chi connectivity index (χ4v) is 4.17. The van der Waals surface area contributed by atoms with Crippen LogP contribution >= 0.6 is 0 Å². The van der Waals surface area contributed by atoms with E-state index in [1.807, 2.05) is 37.3 Å². The van der Waals surface area contributed by atoms with Crippen molar-refractivity contribution in [3.63, 3.8) is 0 Å². The van der Waals surface area contributed by atoms with Crippen molar-refractivity contribution in [2.24, 2.45) is 0 Å². The van der Waals surface area contributed by atoms with Crippen LogP contribution in [0.15, 0.2) is 42.5 Å². The second-order valence-corrected chi connectivity index (χ2v) is 8.25. The van der Waals surface area contributed by atoms with Gasteiger partial charge in [0.05, 0.1) is 24.3 Å². The van der Waals surface area contributed by atoms with Crippen LogP contribution < -0.4 is 4.90 Å². The topological polar surface area (TPSA) is 88.0 Å². The number of carbonyl (C=O) groups excluding carboxylic acids is 1. The molecule has 1 amide bonds. The highest BCUT2D eigenvalue weighted by molar-refractivity contribution is 5.92. The molecule has 1 N–H and O–H groups in total. The second-order valence-electron chi connectivity index (χ2n) is 8.25. The number of hydrogen-bond donors (Lipinski definition) is 1. The second kappa shape index (κ2) is 8.63. The predicted octanol–water partition coefficient (Wildman–Crippen LogP) is 3.60. The van der Waals surface area contributed by atoms with Gasteiger partial charge >= 0.3 is 6.09 Å². The van der Waals surface area contributed by atoms with Gasteiger partial charge in [-0.2, -0.15) is 0 Å². The average molecular weight is 437 g/mol. The van der Waals surface area contributed by atoms with Gasteiger partial charge in [0.2, 0.25) is 0 Å². The number of phenols is 1. The van der Waals surface area contributed by atoms with Crippen molar-refractivity contribution >= 4 is 22.8 Å². The summed E-state index contributed by atoms with van der Waals surface area (Å²) in [6, 6.07) is 13.2. The number of benzene rings is 2. The molecule has 8 heteroatoms. The maximum atomic E-state index is 12.5. The Bertz CT molecular complexity index is 1140. The van der Waals surface area contributed by atoms with Gasteiger partial charge in [0.25, 0.3) is 0 Å². The number of aryl methyl sites for hydroxylation is 1. The van der Waals surface area contributed by atoms with E-state index in [1.165, 1.54) is 0 Å². The lowest BCUT2D eigenvalue weighted by atomic mass is 10.1. The quantitative estimate of drug-likeness (QED) is 0.671. The van der Waals surface area contributed by atoms with Gasteiger partial charge in [0, 0.05) is 39.4 Å². The Balaban J connectivity index is 0.00000259. The van der Waals surface area contributed by atoms with Crippen LogP contribution in [0.5, 0.6) is 5.75 Å². The molecule has 2 aliphatic rings. The standard InChI is InChI=1S/C24H26N4O4.H2/c1-16-6-7-18-20(14-16)25-22(19-4-2-3-5-21(19)29)26-23(18)27-9-11-28(12-10-27)24(30)32-17-8-13-31-15-17;/h2-7,14,17,29H,8-13,15H2,1H3;1H/t17-;/m1./s1. The molecule has 0 aliphatic carbocycles. The highest BCUT2D eigenvalue weighted by atomic mass is 16.6. The molecular formula is C24H28N4O4. The van der Waals surface area contributed by atoms with E-state index in [4.69, 9.17) is 19.4 Å². The highest BCUT2D eigenvalue weighted by Gasteiger charge is 2.28. The van der Waals surface area contributed by atoms with Crippen LogP contribution in [0.1, 0.15) is 13.4 Å². The number of carbonyl (C=O) groups is 1. The lowest BCUT2D eigenvalue weighted by molar-refractivity contribution is 0.0534. The third-order valence-electron chi connectivity index (χ3n) is 5.97. The zero-order valence-corrected chi connectivity index (χ0v) is 18.0. The molecule has 0 saturated carbocycles. The fraction of sp³-hybridized carbons (Fsp3) is 0.375. The molecule has 2 aromatic carbocycles. The Labute approximate surface area is 187 Å². The molecule has 8 nitrogen and oxygen atoms in total. The summed E-state index contributed by atoms with van der Waals surface area (Å²) in [6.07, 6.45) is 0.335. The van der Waals surface area contributed by atoms with Crippen LogP contribution in [0.25, 0.3) is 22.3 Å². The summed E-state index contributed by atoms with van der Waals surface area (Å²) < 4.78 is 10.8. The van der Waals surface area contributed by atoms with Gasteiger partial charge < -0.3 is 24.4 Å². The number of fused-ring (bicyclic) bond motifs is 1. The normalized spacial score (nSPS) is 18.8. The first-order valence-electron chi connectivity index (χ1n) is 10.9. The van der Waals surface area contributed by atoms with E-state index in [-0.39, 0.29) is 19.4 Å². The fourth-order valence-electron chi connectivity index (χ4n) is 4.17. The van der Waals surface area contributed by atoms with Crippen LogP contribution in [0.4, 0.5) is 10.6 Å². The molecule has 32 heavy (non-hydrogen) atoms. The van der Waals surface area contributed by atoms with E-state index < -0.39 is 0 Å². The maximum Gasteiger partial charge on any atom is 0.410 e. The molecule has 3 heterocycles. The van der Waals surface area contributed by atoms with Crippen molar-refractivity contribution in [1.29, 1.82) is 0 Å². The van der Waals surface area contributed by atoms with Crippen molar-refractivity contribution in [1.82, 2.24) is 14.9 Å². The van der Waals surface area contributed by atoms with E-state index in [9.17, 15) is 9.90 Å². The molecule has 0 unspecified atom stereocenters. The van der Waals surface area contributed by atoms with E-state index in [2.05, 4.69) is 4.90 Å². The molecule has 1 atom stereocenters. The van der Waals surface area contributed by atoms with Crippen molar-refractivity contribution < 1.29 is 20.8 Å². The number of phenolic OH excluding ortho intramolecular Hbond substituents is 1. The Morgan fingerprint density at radius 2 is 1.97 bits per heavy atom. The minimum absolute atomic E-state index is 0. The summed E-state index contributed by atoms with van der Waals surface area (Å²) in [5.74, 6) is 1.44. The van der Waals surface area contributed by atoms with Crippen molar-refractivity contribution in [2.45, 2.75) is 19.4 Å². The molecule has 3 aromatic rings. The summed E-state index contributed by atoms with van der Waals surface area (Å²) in [5.41, 5.74) is 2.53. The highest BCUT2D eigenvalue weighted by Crippen LogP contribution is 2.32. The van der Waals surface area contributed by atoms with E-state index in [0.717, 1.165) is 28.7 Å². The Hall–Kier alpha value is -3.39. The Morgan fingerprint density at radius 3 is 2.72 bits per heavy atom. The van der Waals surface area contributed by atoms with Gasteiger partial charge in [-0.05, 0) is 36.8 Å². The summed E-state index contributed by atoms with van der Waals surface area (Å²) in [6.45, 7) is 5.53. The lowest BCUT2D eigenvalue weighted by Crippen LogP contribution is -2.49. The number of rotatable bonds is 3. The molecule has 2 saturated heterocycles. The van der Waals surface area contributed by atoms with Gasteiger partial charge in [-0.1, -0.05) is 18.2 Å². The zero-order chi connectivity index (χ0) is 22.1. The number of piperazine rings is 1. The van der Waals surface area contributed by atoms with E-state index in [0.29, 0.717) is 50.8 Å². The third kappa shape index (κ3) is 4.05. The van der Waals surface area contributed by atoms with Crippen molar-refractivity contribution in [3.05, 3.63) is 48.0 Å². The van der Waals surface area contributed by atoms with E-state index >= 15 is 0 Å². The smallest absolute Gasteiger partial charge is 0.410 e. The largest absolute Gasteiger partial charge is 0.507 e. The number of aromatic hydroxyl groups is 1.